The first-order valence-corrected chi connectivity index (χ1v) is 7.75. The van der Waals surface area contributed by atoms with E-state index in [4.69, 9.17) is 0 Å². The van der Waals surface area contributed by atoms with Crippen LogP contribution in [0.2, 0.25) is 0 Å². The van der Waals surface area contributed by atoms with Crippen molar-refractivity contribution >= 4 is 29.6 Å². The van der Waals surface area contributed by atoms with E-state index in [9.17, 15) is 9.59 Å². The smallest absolute Gasteiger partial charge is 0.237 e. The lowest BCUT2D eigenvalue weighted by atomic mass is 10.1. The van der Waals surface area contributed by atoms with Crippen LogP contribution in [0, 0.1) is 0 Å². The molecule has 2 aromatic rings. The Morgan fingerprint density at radius 2 is 2.00 bits per heavy atom. The van der Waals surface area contributed by atoms with Gasteiger partial charge >= 0.3 is 0 Å². The Bertz CT molecular complexity index is 684. The second-order valence-corrected chi connectivity index (χ2v) is 6.26. The highest BCUT2D eigenvalue weighted by Gasteiger charge is 2.24. The molecule has 0 spiro atoms. The number of anilines is 1. The average Bonchev–Trinajstić information content (AvgIpc) is 2.67. The minimum absolute atomic E-state index is 0.0291. The van der Waals surface area contributed by atoms with Gasteiger partial charge in [-0.2, -0.15) is 0 Å². The molecule has 1 atom stereocenters. The summed E-state index contributed by atoms with van der Waals surface area (Å²) in [6.07, 6.45) is 2.49. The van der Waals surface area contributed by atoms with E-state index in [1.165, 1.54) is 17.3 Å². The third-order valence-corrected chi connectivity index (χ3v) is 4.78. The van der Waals surface area contributed by atoms with Gasteiger partial charge < -0.3 is 5.32 Å². The number of hydrogen-bond acceptors (Lipinski definition) is 3. The largest absolute Gasteiger partial charge is 0.325 e. The normalized spacial score (nSPS) is 17.5. The summed E-state index contributed by atoms with van der Waals surface area (Å²) in [6.45, 7) is 0. The second kappa shape index (κ2) is 6.14. The summed E-state index contributed by atoms with van der Waals surface area (Å²) < 4.78 is 0. The number of amides is 1. The highest BCUT2D eigenvalue weighted by Crippen LogP contribution is 2.31. The van der Waals surface area contributed by atoms with Crippen molar-refractivity contribution in [2.45, 2.75) is 23.0 Å². The van der Waals surface area contributed by atoms with Crippen molar-refractivity contribution in [3.05, 3.63) is 59.7 Å². The van der Waals surface area contributed by atoms with Gasteiger partial charge in [-0.05, 0) is 36.6 Å². The van der Waals surface area contributed by atoms with Crippen molar-refractivity contribution < 1.29 is 9.59 Å². The molecule has 0 saturated carbocycles. The maximum Gasteiger partial charge on any atom is 0.237 e. The predicted octanol–water partition coefficient (Wildman–Crippen LogP) is 3.54. The first-order chi connectivity index (χ1) is 10.3. The Morgan fingerprint density at radius 3 is 2.86 bits per heavy atom. The van der Waals surface area contributed by atoms with Crippen LogP contribution in [0.3, 0.4) is 0 Å². The molecular weight excluding hydrogens is 282 g/mol. The summed E-state index contributed by atoms with van der Waals surface area (Å²) >= 11 is 1.52. The van der Waals surface area contributed by atoms with Crippen molar-refractivity contribution in [3.8, 4) is 0 Å². The standard InChI is InChI=1S/C17H15NO2S/c19-11-12-4-3-6-14(10-12)21-16-9-8-13-5-1-2-7-15(13)18-17(16)20/h1-7,10-11,16H,8-9H2,(H,18,20). The molecule has 3 rings (SSSR count). The van der Waals surface area contributed by atoms with Crippen molar-refractivity contribution in [1.29, 1.82) is 0 Å². The van der Waals surface area contributed by atoms with Crippen LogP contribution in [0.25, 0.3) is 0 Å². The molecule has 1 aliphatic rings. The minimum atomic E-state index is -0.140. The third-order valence-electron chi connectivity index (χ3n) is 3.52. The van der Waals surface area contributed by atoms with E-state index in [0.717, 1.165) is 29.7 Å². The number of para-hydroxylation sites is 1. The minimum Gasteiger partial charge on any atom is -0.325 e. The van der Waals surface area contributed by atoms with E-state index >= 15 is 0 Å². The highest BCUT2D eigenvalue weighted by atomic mass is 32.2. The molecule has 0 aromatic heterocycles. The molecule has 0 saturated heterocycles. The van der Waals surface area contributed by atoms with Crippen molar-refractivity contribution in [3.63, 3.8) is 0 Å². The molecule has 21 heavy (non-hydrogen) atoms. The number of fused-ring (bicyclic) bond motifs is 1. The summed E-state index contributed by atoms with van der Waals surface area (Å²) in [5, 5.41) is 2.85. The second-order valence-electron chi connectivity index (χ2n) is 4.98. The van der Waals surface area contributed by atoms with E-state index in [1.807, 2.05) is 36.4 Å². The van der Waals surface area contributed by atoms with Crippen LogP contribution >= 0.6 is 11.8 Å². The van der Waals surface area contributed by atoms with Crippen LogP contribution in [0.5, 0.6) is 0 Å². The molecule has 1 unspecified atom stereocenters. The summed E-state index contributed by atoms with van der Waals surface area (Å²) in [6, 6.07) is 15.3. The predicted molar refractivity (Wildman–Crippen MR) is 84.9 cm³/mol. The molecule has 0 radical (unpaired) electrons. The summed E-state index contributed by atoms with van der Waals surface area (Å²) in [5.41, 5.74) is 2.72. The topological polar surface area (TPSA) is 46.2 Å². The zero-order valence-electron chi connectivity index (χ0n) is 11.4. The molecule has 0 aliphatic carbocycles. The number of nitrogens with one attached hydrogen (secondary N) is 1. The van der Waals surface area contributed by atoms with E-state index in [1.54, 1.807) is 6.07 Å². The third kappa shape index (κ3) is 3.16. The van der Waals surface area contributed by atoms with E-state index < -0.39 is 0 Å². The lowest BCUT2D eigenvalue weighted by Crippen LogP contribution is -2.23. The van der Waals surface area contributed by atoms with E-state index in [0.29, 0.717) is 5.56 Å². The zero-order chi connectivity index (χ0) is 14.7. The maximum atomic E-state index is 12.3. The number of carbonyl (C=O) groups is 2. The lowest BCUT2D eigenvalue weighted by Gasteiger charge is -2.12. The van der Waals surface area contributed by atoms with Gasteiger partial charge in [0, 0.05) is 16.1 Å². The fraction of sp³-hybridized carbons (Fsp3) is 0.176. The molecule has 1 amide bonds. The van der Waals surface area contributed by atoms with Gasteiger partial charge in [0.25, 0.3) is 0 Å². The SMILES string of the molecule is O=Cc1cccc(SC2CCc3ccccc3NC2=O)c1. The number of rotatable bonds is 3. The van der Waals surface area contributed by atoms with Crippen LogP contribution in [-0.2, 0) is 11.2 Å². The Morgan fingerprint density at radius 1 is 1.14 bits per heavy atom. The number of carbonyl (C=O) groups excluding carboxylic acids is 2. The quantitative estimate of drug-likeness (QED) is 0.881. The van der Waals surface area contributed by atoms with Gasteiger partial charge in [-0.1, -0.05) is 30.3 Å². The maximum absolute atomic E-state index is 12.3. The van der Waals surface area contributed by atoms with Gasteiger partial charge in [-0.3, -0.25) is 9.59 Å². The number of aryl methyl sites for hydroxylation is 1. The molecule has 3 nitrogen and oxygen atoms in total. The number of aldehydes is 1. The Balaban J connectivity index is 1.78. The summed E-state index contributed by atoms with van der Waals surface area (Å²) in [4.78, 5) is 24.1. The van der Waals surface area contributed by atoms with Gasteiger partial charge in [0.05, 0.1) is 5.25 Å². The first-order valence-electron chi connectivity index (χ1n) is 6.87. The fourth-order valence-corrected chi connectivity index (χ4v) is 3.52. The summed E-state index contributed by atoms with van der Waals surface area (Å²) in [5.74, 6) is 0.0291. The van der Waals surface area contributed by atoms with Crippen LogP contribution < -0.4 is 5.32 Å². The monoisotopic (exact) mass is 297 g/mol. The van der Waals surface area contributed by atoms with Crippen LogP contribution in [-0.4, -0.2) is 17.4 Å². The highest BCUT2D eigenvalue weighted by molar-refractivity contribution is 8.00. The molecule has 106 valence electrons. The van der Waals surface area contributed by atoms with Gasteiger partial charge in [-0.25, -0.2) is 0 Å². The zero-order valence-corrected chi connectivity index (χ0v) is 12.2. The molecule has 0 fully saturated rings. The lowest BCUT2D eigenvalue weighted by molar-refractivity contribution is -0.115. The number of hydrogen-bond donors (Lipinski definition) is 1. The first kappa shape index (κ1) is 13.9. The number of benzene rings is 2. The van der Waals surface area contributed by atoms with Gasteiger partial charge in [0.1, 0.15) is 6.29 Å². The molecule has 4 heteroatoms. The van der Waals surface area contributed by atoms with Crippen molar-refractivity contribution in [1.82, 2.24) is 0 Å². The van der Waals surface area contributed by atoms with Crippen LogP contribution in [0.1, 0.15) is 22.3 Å². The molecule has 0 bridgehead atoms. The molecule has 1 heterocycles. The van der Waals surface area contributed by atoms with Gasteiger partial charge in [-0.15, -0.1) is 11.8 Å². The van der Waals surface area contributed by atoms with E-state index in [-0.39, 0.29) is 11.2 Å². The van der Waals surface area contributed by atoms with Crippen molar-refractivity contribution in [2.24, 2.45) is 0 Å². The van der Waals surface area contributed by atoms with E-state index in [2.05, 4.69) is 11.4 Å². The Kier molecular flexibility index (Phi) is 4.06. The van der Waals surface area contributed by atoms with Gasteiger partial charge in [0.15, 0.2) is 0 Å². The van der Waals surface area contributed by atoms with Crippen LogP contribution in [0.15, 0.2) is 53.4 Å². The Labute approximate surface area is 127 Å². The van der Waals surface area contributed by atoms with Gasteiger partial charge in [0.2, 0.25) is 5.91 Å². The number of thioether (sulfide) groups is 1. The summed E-state index contributed by atoms with van der Waals surface area (Å²) in [7, 11) is 0. The van der Waals surface area contributed by atoms with Crippen molar-refractivity contribution in [2.75, 3.05) is 5.32 Å². The molecular formula is C17H15NO2S. The average molecular weight is 297 g/mol. The molecule has 2 aromatic carbocycles. The van der Waals surface area contributed by atoms with Crippen LogP contribution in [0.4, 0.5) is 5.69 Å². The molecule has 1 N–H and O–H groups in total. The Hall–Kier alpha value is -2.07. The molecule has 1 aliphatic heterocycles. The fourth-order valence-electron chi connectivity index (χ4n) is 2.43.